The average molecular weight is 231 g/mol. The Labute approximate surface area is 93.4 Å². The monoisotopic (exact) mass is 230 g/mol. The molecule has 1 heterocycles. The van der Waals surface area contributed by atoms with Gasteiger partial charge in [0, 0.05) is 29.9 Å². The molecule has 0 radical (unpaired) electrons. The minimum Gasteiger partial charge on any atom is -0.330 e. The molecule has 1 unspecified atom stereocenters. The summed E-state index contributed by atoms with van der Waals surface area (Å²) in [5, 5.41) is 3.50. The molecule has 0 amide bonds. The second-order valence-corrected chi connectivity index (χ2v) is 5.50. The van der Waals surface area contributed by atoms with Gasteiger partial charge >= 0.3 is 0 Å². The molecule has 4 heteroatoms. The van der Waals surface area contributed by atoms with Gasteiger partial charge in [-0.05, 0) is 25.0 Å². The normalized spacial score (nSPS) is 18.4. The zero-order valence-electron chi connectivity index (χ0n) is 8.00. The smallest absolute Gasteiger partial charge is 0.0931 e. The lowest BCUT2D eigenvalue weighted by Crippen LogP contribution is -2.27. The third-order valence-corrected chi connectivity index (χ3v) is 3.90. The molecule has 2 nitrogen and oxygen atoms in total. The van der Waals surface area contributed by atoms with Crippen LogP contribution in [0.25, 0.3) is 0 Å². The topological polar surface area (TPSA) is 38.0 Å². The van der Waals surface area contributed by atoms with E-state index in [9.17, 15) is 0 Å². The van der Waals surface area contributed by atoms with Crippen molar-refractivity contribution in [2.24, 2.45) is 5.73 Å². The Bertz CT molecular complexity index is 296. The molecule has 1 aliphatic carbocycles. The second kappa shape index (κ2) is 4.62. The van der Waals surface area contributed by atoms with E-state index in [0.29, 0.717) is 12.5 Å². The van der Waals surface area contributed by atoms with Crippen LogP contribution in [0.2, 0.25) is 4.34 Å². The molecular formula is C10H15ClN2S. The SMILES string of the molecule is NCC(CNC1CC1)c1ccc(Cl)s1. The number of thiophene rings is 1. The fraction of sp³-hybridized carbons (Fsp3) is 0.600. The summed E-state index contributed by atoms with van der Waals surface area (Å²) in [6.45, 7) is 1.68. The van der Waals surface area contributed by atoms with Crippen molar-refractivity contribution in [3.05, 3.63) is 21.3 Å². The molecule has 0 aliphatic heterocycles. The lowest BCUT2D eigenvalue weighted by Gasteiger charge is -2.13. The number of nitrogens with one attached hydrogen (secondary N) is 1. The first-order valence-electron chi connectivity index (χ1n) is 4.98. The number of nitrogens with two attached hydrogens (primary N) is 1. The predicted molar refractivity (Wildman–Crippen MR) is 62.1 cm³/mol. The fourth-order valence-electron chi connectivity index (χ4n) is 1.44. The maximum atomic E-state index is 5.89. The Morgan fingerprint density at radius 2 is 2.36 bits per heavy atom. The van der Waals surface area contributed by atoms with Crippen LogP contribution in [0.1, 0.15) is 23.6 Å². The minimum atomic E-state index is 0.424. The van der Waals surface area contributed by atoms with E-state index in [1.54, 1.807) is 11.3 Å². The van der Waals surface area contributed by atoms with Gasteiger partial charge in [0.05, 0.1) is 4.34 Å². The van der Waals surface area contributed by atoms with Crippen molar-refractivity contribution in [2.75, 3.05) is 13.1 Å². The van der Waals surface area contributed by atoms with Gasteiger partial charge < -0.3 is 11.1 Å². The molecule has 0 spiro atoms. The van der Waals surface area contributed by atoms with E-state index in [2.05, 4.69) is 11.4 Å². The van der Waals surface area contributed by atoms with E-state index in [1.807, 2.05) is 6.07 Å². The van der Waals surface area contributed by atoms with Gasteiger partial charge in [0.2, 0.25) is 0 Å². The van der Waals surface area contributed by atoms with Crippen molar-refractivity contribution in [1.29, 1.82) is 0 Å². The van der Waals surface area contributed by atoms with Crippen molar-refractivity contribution >= 4 is 22.9 Å². The first-order valence-corrected chi connectivity index (χ1v) is 6.17. The third-order valence-electron chi connectivity index (χ3n) is 2.51. The predicted octanol–water partition coefficient (Wildman–Crippen LogP) is 2.20. The standard InChI is InChI=1S/C10H15ClN2S/c11-10-4-3-9(14-10)7(5-12)6-13-8-1-2-8/h3-4,7-8,13H,1-2,5-6,12H2. The molecule has 0 aromatic carbocycles. The number of rotatable bonds is 5. The molecule has 1 fully saturated rings. The molecular weight excluding hydrogens is 216 g/mol. The van der Waals surface area contributed by atoms with Crippen molar-refractivity contribution < 1.29 is 0 Å². The second-order valence-electron chi connectivity index (χ2n) is 3.76. The highest BCUT2D eigenvalue weighted by atomic mass is 35.5. The lowest BCUT2D eigenvalue weighted by molar-refractivity contribution is 0.592. The van der Waals surface area contributed by atoms with Crippen molar-refractivity contribution in [3.63, 3.8) is 0 Å². The van der Waals surface area contributed by atoms with Gasteiger partial charge in [-0.2, -0.15) is 0 Å². The number of hydrogen-bond donors (Lipinski definition) is 2. The molecule has 78 valence electrons. The van der Waals surface area contributed by atoms with E-state index in [-0.39, 0.29) is 0 Å². The minimum absolute atomic E-state index is 0.424. The van der Waals surface area contributed by atoms with Crippen LogP contribution in [0.4, 0.5) is 0 Å². The molecule has 1 aromatic heterocycles. The van der Waals surface area contributed by atoms with Crippen molar-refractivity contribution in [2.45, 2.75) is 24.8 Å². The van der Waals surface area contributed by atoms with Crippen LogP contribution in [0.3, 0.4) is 0 Å². The zero-order chi connectivity index (χ0) is 9.97. The summed E-state index contributed by atoms with van der Waals surface area (Å²) in [6.07, 6.45) is 2.64. The van der Waals surface area contributed by atoms with E-state index < -0.39 is 0 Å². The summed E-state index contributed by atoms with van der Waals surface area (Å²) in [7, 11) is 0. The van der Waals surface area contributed by atoms with E-state index >= 15 is 0 Å². The Morgan fingerprint density at radius 3 is 2.86 bits per heavy atom. The molecule has 0 bridgehead atoms. The van der Waals surface area contributed by atoms with Crippen LogP contribution < -0.4 is 11.1 Å². The number of halogens is 1. The summed E-state index contributed by atoms with van der Waals surface area (Å²) < 4.78 is 0.852. The van der Waals surface area contributed by atoms with Gasteiger partial charge in [0.1, 0.15) is 0 Å². The highest BCUT2D eigenvalue weighted by Crippen LogP contribution is 2.28. The highest BCUT2D eigenvalue weighted by Gasteiger charge is 2.22. The van der Waals surface area contributed by atoms with Gasteiger partial charge in [-0.15, -0.1) is 11.3 Å². The van der Waals surface area contributed by atoms with Gasteiger partial charge in [-0.25, -0.2) is 0 Å². The summed E-state index contributed by atoms with van der Waals surface area (Å²) in [5.41, 5.74) is 5.74. The first-order chi connectivity index (χ1) is 6.79. The van der Waals surface area contributed by atoms with Gasteiger partial charge in [0.15, 0.2) is 0 Å². The van der Waals surface area contributed by atoms with Crippen molar-refractivity contribution in [1.82, 2.24) is 5.32 Å². The molecule has 1 aliphatic rings. The van der Waals surface area contributed by atoms with E-state index in [4.69, 9.17) is 17.3 Å². The summed E-state index contributed by atoms with van der Waals surface area (Å²) >= 11 is 7.53. The van der Waals surface area contributed by atoms with Crippen LogP contribution in [-0.2, 0) is 0 Å². The van der Waals surface area contributed by atoms with Crippen LogP contribution in [0.15, 0.2) is 12.1 Å². The quantitative estimate of drug-likeness (QED) is 0.814. The van der Waals surface area contributed by atoms with Crippen LogP contribution in [-0.4, -0.2) is 19.1 Å². The van der Waals surface area contributed by atoms with Gasteiger partial charge in [-0.3, -0.25) is 0 Å². The first kappa shape index (κ1) is 10.4. The maximum absolute atomic E-state index is 5.89. The van der Waals surface area contributed by atoms with Crippen LogP contribution in [0.5, 0.6) is 0 Å². The molecule has 2 rings (SSSR count). The summed E-state index contributed by atoms with van der Waals surface area (Å²) in [4.78, 5) is 1.30. The van der Waals surface area contributed by atoms with Crippen molar-refractivity contribution in [3.8, 4) is 0 Å². The summed E-state index contributed by atoms with van der Waals surface area (Å²) in [5.74, 6) is 0.424. The molecule has 0 saturated heterocycles. The Kier molecular flexibility index (Phi) is 3.44. The molecule has 14 heavy (non-hydrogen) atoms. The molecule has 1 atom stereocenters. The third kappa shape index (κ3) is 2.70. The number of hydrogen-bond acceptors (Lipinski definition) is 3. The maximum Gasteiger partial charge on any atom is 0.0931 e. The zero-order valence-corrected chi connectivity index (χ0v) is 9.57. The fourth-order valence-corrected chi connectivity index (χ4v) is 2.62. The molecule has 1 saturated carbocycles. The van der Waals surface area contributed by atoms with Gasteiger partial charge in [-0.1, -0.05) is 11.6 Å². The summed E-state index contributed by atoms with van der Waals surface area (Å²) in [6, 6.07) is 4.78. The van der Waals surface area contributed by atoms with Crippen LogP contribution >= 0.6 is 22.9 Å². The molecule has 3 N–H and O–H groups in total. The van der Waals surface area contributed by atoms with Gasteiger partial charge in [0.25, 0.3) is 0 Å². The largest absolute Gasteiger partial charge is 0.330 e. The van der Waals surface area contributed by atoms with E-state index in [1.165, 1.54) is 17.7 Å². The van der Waals surface area contributed by atoms with Crippen LogP contribution in [0, 0.1) is 0 Å². The Hall–Kier alpha value is -0.0900. The van der Waals surface area contributed by atoms with E-state index in [0.717, 1.165) is 16.9 Å². The average Bonchev–Trinajstić information content (AvgIpc) is 2.90. The highest BCUT2D eigenvalue weighted by molar-refractivity contribution is 7.16. The lowest BCUT2D eigenvalue weighted by atomic mass is 10.1. The Balaban J connectivity index is 1.90. The Morgan fingerprint density at radius 1 is 1.57 bits per heavy atom. The molecule has 1 aromatic rings.